The van der Waals surface area contributed by atoms with Gasteiger partial charge in [0, 0.05) is 5.41 Å². The quantitative estimate of drug-likeness (QED) is 0.419. The zero-order valence-electron chi connectivity index (χ0n) is 17.9. The summed E-state index contributed by atoms with van der Waals surface area (Å²) < 4.78 is 88.7. The summed E-state index contributed by atoms with van der Waals surface area (Å²) >= 11 is 0. The fourth-order valence-electron chi connectivity index (χ4n) is 2.72. The number of hydrogen-bond donors (Lipinski definition) is 0. The minimum Gasteiger partial charge on any atom is -0.493 e. The number of benzene rings is 1. The van der Waals surface area contributed by atoms with Crippen molar-refractivity contribution in [3.63, 3.8) is 0 Å². The molecule has 1 aliphatic rings. The van der Waals surface area contributed by atoms with Crippen molar-refractivity contribution in [1.29, 1.82) is 0 Å². The molecule has 31 heavy (non-hydrogen) atoms. The highest BCUT2D eigenvalue weighted by atomic mass is 32.3. The lowest BCUT2D eigenvalue weighted by Gasteiger charge is -2.22. The summed E-state index contributed by atoms with van der Waals surface area (Å²) in [4.78, 5) is 0. The smallest absolute Gasteiger partial charge is 0.346 e. The van der Waals surface area contributed by atoms with Gasteiger partial charge in [-0.15, -0.1) is 0 Å². The second kappa shape index (κ2) is 9.91. The Kier molecular flexibility index (Phi) is 8.21. The van der Waals surface area contributed by atoms with Crippen LogP contribution in [-0.2, 0) is 33.3 Å². The van der Waals surface area contributed by atoms with Gasteiger partial charge in [-0.3, -0.25) is 4.57 Å². The number of rotatable bonds is 11. The number of fused-ring (bicyclic) bond motifs is 1. The Morgan fingerprint density at radius 1 is 1.06 bits per heavy atom. The van der Waals surface area contributed by atoms with Gasteiger partial charge in [0.2, 0.25) is 12.5 Å². The molecule has 0 amide bonds. The third kappa shape index (κ3) is 7.80. The molecule has 176 valence electrons. The Bertz CT molecular complexity index is 1060. The van der Waals surface area contributed by atoms with Crippen molar-refractivity contribution in [1.82, 2.24) is 0 Å². The average Bonchev–Trinajstić information content (AvgIpc) is 3.04. The van der Waals surface area contributed by atoms with Crippen LogP contribution in [-0.4, -0.2) is 53.5 Å². The fourth-order valence-corrected chi connectivity index (χ4v) is 10.1. The lowest BCUT2D eigenvalue weighted by atomic mass is 10.2. The molecule has 0 aromatic heterocycles. The molecule has 13 heteroatoms. The summed E-state index contributed by atoms with van der Waals surface area (Å²) in [6.45, 7) is 6.29. The summed E-state index contributed by atoms with van der Waals surface area (Å²) in [6, 6.07) is 3.06. The molecule has 0 saturated carbocycles. The molecule has 0 atom stereocenters. The van der Waals surface area contributed by atoms with Crippen LogP contribution in [0.2, 0.25) is 0 Å². The molecule has 1 aromatic rings. The first kappa shape index (κ1) is 25.7. The second-order valence-electron chi connectivity index (χ2n) is 7.33. The molecule has 0 saturated heterocycles. The lowest BCUT2D eigenvalue weighted by Crippen LogP contribution is -2.21. The highest BCUT2D eigenvalue weighted by Gasteiger charge is 2.36. The number of hydrogen-bond acceptors (Lipinski definition) is 10. The van der Waals surface area contributed by atoms with Crippen molar-refractivity contribution in [3.8, 4) is 17.2 Å². The van der Waals surface area contributed by atoms with E-state index in [4.69, 9.17) is 23.3 Å². The zero-order valence-corrected chi connectivity index (χ0v) is 20.5. The van der Waals surface area contributed by atoms with E-state index in [0.29, 0.717) is 22.8 Å². The Morgan fingerprint density at radius 2 is 1.68 bits per heavy atom. The summed E-state index contributed by atoms with van der Waals surface area (Å²) in [6.07, 6.45) is 0.0685. The average molecular weight is 499 g/mol. The van der Waals surface area contributed by atoms with Crippen LogP contribution in [0, 0.1) is 0 Å². The van der Waals surface area contributed by atoms with Gasteiger partial charge >= 0.3 is 7.60 Å². The van der Waals surface area contributed by atoms with Crippen LogP contribution in [0.15, 0.2) is 17.5 Å². The molecular weight excluding hydrogens is 471 g/mol. The Morgan fingerprint density at radius 3 is 2.23 bits per heavy atom. The maximum atomic E-state index is 12.8. The maximum Gasteiger partial charge on any atom is 0.346 e. The van der Waals surface area contributed by atoms with Crippen molar-refractivity contribution in [2.24, 2.45) is 0 Å². The van der Waals surface area contributed by atoms with E-state index in [2.05, 4.69) is 0 Å². The van der Waals surface area contributed by atoms with E-state index in [-0.39, 0.29) is 6.79 Å². The van der Waals surface area contributed by atoms with Crippen LogP contribution < -0.4 is 14.2 Å². The van der Waals surface area contributed by atoms with Crippen molar-refractivity contribution < 1.29 is 44.7 Å². The van der Waals surface area contributed by atoms with E-state index in [1.54, 1.807) is 27.7 Å². The minimum atomic E-state index is -4.34. The van der Waals surface area contributed by atoms with Crippen molar-refractivity contribution in [2.75, 3.05) is 24.5 Å². The molecule has 0 unspecified atom stereocenters. The van der Waals surface area contributed by atoms with Gasteiger partial charge in [-0.25, -0.2) is 16.8 Å². The third-order valence-electron chi connectivity index (χ3n) is 3.59. The molecule has 1 aromatic carbocycles. The molecule has 0 spiro atoms. The first-order chi connectivity index (χ1) is 14.2. The highest BCUT2D eigenvalue weighted by molar-refractivity contribution is 8.11. The van der Waals surface area contributed by atoms with Gasteiger partial charge in [-0.05, 0) is 51.5 Å². The van der Waals surface area contributed by atoms with Crippen LogP contribution in [0.1, 0.15) is 33.3 Å². The molecule has 2 rings (SSSR count). The molecule has 0 N–H and O–H groups in total. The molecule has 0 aliphatic carbocycles. The molecule has 1 heterocycles. The molecule has 1 aliphatic heterocycles. The summed E-state index contributed by atoms with van der Waals surface area (Å²) in [7, 11) is -11.2. The van der Waals surface area contributed by atoms with Crippen LogP contribution in [0.4, 0.5) is 0 Å². The largest absolute Gasteiger partial charge is 0.493 e. The second-order valence-corrected chi connectivity index (χ2v) is 14.0. The van der Waals surface area contributed by atoms with Crippen LogP contribution in [0.5, 0.6) is 17.2 Å². The predicted molar refractivity (Wildman–Crippen MR) is 116 cm³/mol. The van der Waals surface area contributed by atoms with Gasteiger partial charge in [0.25, 0.3) is 0 Å². The van der Waals surface area contributed by atoms with Crippen LogP contribution in [0.25, 0.3) is 6.08 Å². The van der Waals surface area contributed by atoms with E-state index in [1.807, 2.05) is 0 Å². The standard InChI is InChI=1S/C18H27O10PS2/c1-13(2)27-29(19,28-14(3)4)11-31(22,23)12-30(20,21)7-6-15-8-16(24-5)18-17(9-15)25-10-26-18/h6-9,13-14H,10-12H2,1-5H3/b7-6+. The van der Waals surface area contributed by atoms with E-state index in [0.717, 1.165) is 5.41 Å². The SMILES string of the molecule is COc1cc(/C=C/S(=O)(=O)CS(=O)(=O)CP(=O)(OC(C)C)OC(C)C)cc2c1OCO2. The first-order valence-electron chi connectivity index (χ1n) is 9.29. The molecule has 10 nitrogen and oxygen atoms in total. The van der Waals surface area contributed by atoms with Gasteiger partial charge in [-0.1, -0.05) is 0 Å². The monoisotopic (exact) mass is 498 g/mol. The van der Waals surface area contributed by atoms with Crippen molar-refractivity contribution in [3.05, 3.63) is 23.1 Å². The van der Waals surface area contributed by atoms with E-state index in [9.17, 15) is 21.4 Å². The topological polar surface area (TPSA) is 132 Å². The van der Waals surface area contributed by atoms with Crippen LogP contribution in [0.3, 0.4) is 0 Å². The van der Waals surface area contributed by atoms with E-state index >= 15 is 0 Å². The molecule has 0 fully saturated rings. The predicted octanol–water partition coefficient (Wildman–Crippen LogP) is 3.18. The van der Waals surface area contributed by atoms with E-state index < -0.39 is 50.1 Å². The summed E-state index contributed by atoms with van der Waals surface area (Å²) in [5.74, 6) is 1.12. The number of methoxy groups -OCH3 is 1. The molecular formula is C18H27O10PS2. The Balaban J connectivity index is 2.20. The number of ether oxygens (including phenoxy) is 3. The van der Waals surface area contributed by atoms with Gasteiger partial charge in [0.05, 0.1) is 19.3 Å². The fraction of sp³-hybridized carbons (Fsp3) is 0.556. The van der Waals surface area contributed by atoms with Crippen molar-refractivity contribution in [2.45, 2.75) is 39.9 Å². The minimum absolute atomic E-state index is 0.00631. The summed E-state index contributed by atoms with van der Waals surface area (Å²) in [5, 5.41) is -0.482. The third-order valence-corrected chi connectivity index (χ3v) is 11.2. The van der Waals surface area contributed by atoms with Gasteiger partial charge in [0.15, 0.2) is 41.8 Å². The zero-order chi connectivity index (χ0) is 23.4. The van der Waals surface area contributed by atoms with Crippen molar-refractivity contribution >= 4 is 33.3 Å². The molecule has 0 bridgehead atoms. The maximum absolute atomic E-state index is 12.8. The Hall–Kier alpha value is -1.59. The first-order valence-corrected chi connectivity index (χ1v) is 14.6. The highest BCUT2D eigenvalue weighted by Crippen LogP contribution is 2.51. The van der Waals surface area contributed by atoms with E-state index in [1.165, 1.54) is 25.3 Å². The lowest BCUT2D eigenvalue weighted by molar-refractivity contribution is 0.145. The van der Waals surface area contributed by atoms with Gasteiger partial charge in [0.1, 0.15) is 0 Å². The molecule has 0 radical (unpaired) electrons. The Labute approximate surface area is 182 Å². The number of sulfone groups is 2. The van der Waals surface area contributed by atoms with Crippen LogP contribution >= 0.6 is 7.60 Å². The van der Waals surface area contributed by atoms with Gasteiger partial charge < -0.3 is 23.3 Å². The van der Waals surface area contributed by atoms with Gasteiger partial charge in [-0.2, -0.15) is 0 Å². The summed E-state index contributed by atoms with van der Waals surface area (Å²) in [5.41, 5.74) is -0.639. The normalized spacial score (nSPS) is 14.7.